The molecule has 7 nitrogen and oxygen atoms in total. The van der Waals surface area contributed by atoms with Crippen LogP contribution in [0, 0.1) is 5.92 Å². The normalized spacial score (nSPS) is 22.0. The number of anilines is 1. The van der Waals surface area contributed by atoms with Crippen LogP contribution in [0.1, 0.15) is 94.0 Å². The first-order valence-corrected chi connectivity index (χ1v) is 14.3. The number of nitrogens with zero attached hydrogens (tertiary/aromatic N) is 5. The first-order chi connectivity index (χ1) is 17.2. The van der Waals surface area contributed by atoms with Gasteiger partial charge in [0.25, 0.3) is 5.91 Å². The lowest BCUT2D eigenvalue weighted by Crippen LogP contribution is -2.46. The predicted octanol–water partition coefficient (Wildman–Crippen LogP) is 4.90. The monoisotopic (exact) mass is 480 g/mol. The molecule has 3 fully saturated rings. The van der Waals surface area contributed by atoms with Crippen molar-refractivity contribution < 1.29 is 4.79 Å². The molecule has 0 unspecified atom stereocenters. The first kappa shape index (κ1) is 24.5. The van der Waals surface area contributed by atoms with Crippen molar-refractivity contribution in [1.29, 1.82) is 0 Å². The highest BCUT2D eigenvalue weighted by atomic mass is 16.2. The fourth-order valence-corrected chi connectivity index (χ4v) is 6.37. The molecule has 2 aliphatic heterocycles. The van der Waals surface area contributed by atoms with Crippen molar-refractivity contribution in [2.24, 2.45) is 13.0 Å². The van der Waals surface area contributed by atoms with Crippen molar-refractivity contribution in [3.63, 3.8) is 0 Å². The summed E-state index contributed by atoms with van der Waals surface area (Å²) in [5.41, 5.74) is 1.31. The summed E-state index contributed by atoms with van der Waals surface area (Å²) in [6, 6.07) is 4.38. The molecule has 1 saturated carbocycles. The van der Waals surface area contributed by atoms with E-state index in [0.29, 0.717) is 5.69 Å². The van der Waals surface area contributed by atoms with Gasteiger partial charge in [0.15, 0.2) is 11.3 Å². The zero-order chi connectivity index (χ0) is 24.0. The van der Waals surface area contributed by atoms with E-state index in [2.05, 4.69) is 32.3 Å². The molecule has 0 spiro atoms. The SMILES string of the molecule is Cn1nc(C(=O)NC2CCN(CC3CCCCC3)CC2)c2ccc(N3CCCCCCCC3)nc21. The van der Waals surface area contributed by atoms with Crippen molar-refractivity contribution >= 4 is 22.8 Å². The Hall–Kier alpha value is -2.15. The Morgan fingerprint density at radius 2 is 1.54 bits per heavy atom. The van der Waals surface area contributed by atoms with E-state index in [1.54, 1.807) is 4.68 Å². The summed E-state index contributed by atoms with van der Waals surface area (Å²) in [4.78, 5) is 23.2. The van der Waals surface area contributed by atoms with Crippen molar-refractivity contribution in [1.82, 2.24) is 25.0 Å². The average Bonchev–Trinajstić information content (AvgIpc) is 3.28. The molecule has 2 aromatic rings. The van der Waals surface area contributed by atoms with Gasteiger partial charge >= 0.3 is 0 Å². The highest BCUT2D eigenvalue weighted by molar-refractivity contribution is 6.04. The Labute approximate surface area is 210 Å². The minimum absolute atomic E-state index is 0.0568. The van der Waals surface area contributed by atoms with Crippen LogP contribution in [0.4, 0.5) is 5.82 Å². The number of piperidine rings is 1. The lowest BCUT2D eigenvalue weighted by molar-refractivity contribution is 0.0897. The predicted molar refractivity (Wildman–Crippen MR) is 142 cm³/mol. The topological polar surface area (TPSA) is 66.3 Å². The van der Waals surface area contributed by atoms with E-state index in [1.807, 2.05) is 7.05 Å². The summed E-state index contributed by atoms with van der Waals surface area (Å²) < 4.78 is 1.77. The van der Waals surface area contributed by atoms with Crippen LogP contribution >= 0.6 is 0 Å². The highest BCUT2D eigenvalue weighted by Crippen LogP contribution is 2.26. The maximum absolute atomic E-state index is 13.2. The summed E-state index contributed by atoms with van der Waals surface area (Å²) in [5, 5.41) is 8.74. The van der Waals surface area contributed by atoms with E-state index in [9.17, 15) is 4.79 Å². The lowest BCUT2D eigenvalue weighted by Gasteiger charge is -2.35. The molecule has 35 heavy (non-hydrogen) atoms. The Morgan fingerprint density at radius 1 is 0.886 bits per heavy atom. The van der Waals surface area contributed by atoms with Gasteiger partial charge in [-0.15, -0.1) is 0 Å². The number of nitrogens with one attached hydrogen (secondary N) is 1. The van der Waals surface area contributed by atoms with Crippen LogP contribution < -0.4 is 10.2 Å². The second kappa shape index (κ2) is 11.7. The van der Waals surface area contributed by atoms with Crippen molar-refractivity contribution in [2.45, 2.75) is 89.5 Å². The Morgan fingerprint density at radius 3 is 2.26 bits per heavy atom. The largest absolute Gasteiger partial charge is 0.357 e. The summed E-state index contributed by atoms with van der Waals surface area (Å²) in [6.45, 7) is 5.54. The molecule has 192 valence electrons. The molecule has 5 rings (SSSR count). The number of carbonyl (C=O) groups excluding carboxylic acids is 1. The summed E-state index contributed by atoms with van der Waals surface area (Å²) in [5.74, 6) is 1.84. The van der Waals surface area contributed by atoms with Crippen LogP contribution in [-0.2, 0) is 7.05 Å². The molecular weight excluding hydrogens is 436 g/mol. The maximum Gasteiger partial charge on any atom is 0.272 e. The minimum atomic E-state index is -0.0568. The lowest BCUT2D eigenvalue weighted by atomic mass is 9.88. The number of pyridine rings is 1. The molecule has 1 amide bonds. The minimum Gasteiger partial charge on any atom is -0.357 e. The van der Waals surface area contributed by atoms with Crippen LogP contribution in [0.25, 0.3) is 11.0 Å². The molecule has 4 heterocycles. The van der Waals surface area contributed by atoms with E-state index >= 15 is 0 Å². The van der Waals surface area contributed by atoms with Gasteiger partial charge in [-0.2, -0.15) is 5.10 Å². The summed E-state index contributed by atoms with van der Waals surface area (Å²) in [7, 11) is 1.90. The van der Waals surface area contributed by atoms with E-state index in [1.165, 1.54) is 77.2 Å². The van der Waals surface area contributed by atoms with Gasteiger partial charge in [-0.05, 0) is 56.6 Å². The zero-order valence-corrected chi connectivity index (χ0v) is 21.7. The average molecular weight is 481 g/mol. The van der Waals surface area contributed by atoms with Crippen molar-refractivity contribution in [3.8, 4) is 0 Å². The molecule has 2 aromatic heterocycles. The van der Waals surface area contributed by atoms with E-state index in [4.69, 9.17) is 4.98 Å². The van der Waals surface area contributed by atoms with Crippen LogP contribution in [-0.4, -0.2) is 64.3 Å². The highest BCUT2D eigenvalue weighted by Gasteiger charge is 2.26. The number of rotatable bonds is 5. The zero-order valence-electron chi connectivity index (χ0n) is 21.7. The first-order valence-electron chi connectivity index (χ1n) is 14.3. The molecule has 2 saturated heterocycles. The van der Waals surface area contributed by atoms with E-state index in [0.717, 1.165) is 61.8 Å². The molecule has 0 bridgehead atoms. The van der Waals surface area contributed by atoms with Crippen LogP contribution in [0.2, 0.25) is 0 Å². The van der Waals surface area contributed by atoms with E-state index in [-0.39, 0.29) is 11.9 Å². The smallest absolute Gasteiger partial charge is 0.272 e. The van der Waals surface area contributed by atoms with E-state index < -0.39 is 0 Å². The third-order valence-corrected chi connectivity index (χ3v) is 8.48. The fraction of sp³-hybridized carbons (Fsp3) is 0.750. The van der Waals surface area contributed by atoms with Gasteiger partial charge in [0.05, 0.1) is 5.39 Å². The van der Waals surface area contributed by atoms with Gasteiger partial charge in [-0.3, -0.25) is 4.79 Å². The number of aromatic nitrogens is 3. The van der Waals surface area contributed by atoms with Gasteiger partial charge in [-0.1, -0.05) is 44.9 Å². The van der Waals surface area contributed by atoms with Crippen molar-refractivity contribution in [3.05, 3.63) is 17.8 Å². The second-order valence-corrected chi connectivity index (χ2v) is 11.2. The van der Waals surface area contributed by atoms with Crippen LogP contribution in [0.5, 0.6) is 0 Å². The second-order valence-electron chi connectivity index (χ2n) is 11.2. The Balaban J connectivity index is 1.20. The molecular formula is C28H44N6O. The Kier molecular flexibility index (Phi) is 8.22. The fourth-order valence-electron chi connectivity index (χ4n) is 6.37. The number of carbonyl (C=O) groups is 1. The molecule has 0 aromatic carbocycles. The van der Waals surface area contributed by atoms with Crippen LogP contribution in [0.15, 0.2) is 12.1 Å². The maximum atomic E-state index is 13.2. The number of aryl methyl sites for hydroxylation is 1. The number of hydrogen-bond acceptors (Lipinski definition) is 5. The van der Waals surface area contributed by atoms with Gasteiger partial charge in [0.2, 0.25) is 0 Å². The number of fused-ring (bicyclic) bond motifs is 1. The quantitative estimate of drug-likeness (QED) is 0.659. The molecule has 7 heteroatoms. The third kappa shape index (κ3) is 6.16. The number of hydrogen-bond donors (Lipinski definition) is 1. The molecule has 3 aliphatic rings. The van der Waals surface area contributed by atoms with Gasteiger partial charge in [0.1, 0.15) is 5.82 Å². The molecule has 0 radical (unpaired) electrons. The van der Waals surface area contributed by atoms with Gasteiger partial charge < -0.3 is 15.1 Å². The number of likely N-dealkylation sites (tertiary alicyclic amines) is 1. The summed E-state index contributed by atoms with van der Waals surface area (Å²) >= 11 is 0. The summed E-state index contributed by atoms with van der Waals surface area (Å²) in [6.07, 6.45) is 16.8. The molecule has 1 aliphatic carbocycles. The van der Waals surface area contributed by atoms with Crippen molar-refractivity contribution in [2.75, 3.05) is 37.6 Å². The van der Waals surface area contributed by atoms with Crippen LogP contribution in [0.3, 0.4) is 0 Å². The standard InChI is InChI=1S/C28H44N6O/c1-32-27-24(13-14-25(30-27)34-17-9-4-2-3-5-10-18-34)26(31-32)28(35)29-23-15-19-33(20-16-23)21-22-11-7-6-8-12-22/h13-14,22-23H,2-12,15-21H2,1H3,(H,29,35). The molecule has 1 N–H and O–H groups in total. The number of amides is 1. The Bertz CT molecular complexity index is 963. The third-order valence-electron chi connectivity index (χ3n) is 8.48. The van der Waals surface area contributed by atoms with Gasteiger partial charge in [-0.25, -0.2) is 9.67 Å². The molecule has 0 atom stereocenters. The van der Waals surface area contributed by atoms with Gasteiger partial charge in [0, 0.05) is 45.8 Å².